The van der Waals surface area contributed by atoms with Crippen LogP contribution in [0.2, 0.25) is 0 Å². The van der Waals surface area contributed by atoms with Crippen LogP contribution in [-0.2, 0) is 45.3 Å². The summed E-state index contributed by atoms with van der Waals surface area (Å²) in [5, 5.41) is 5.65. The zero-order valence-electron chi connectivity index (χ0n) is 33.5. The first kappa shape index (κ1) is 44.9. The fourth-order valence-corrected chi connectivity index (χ4v) is 8.53. The number of thiol groups is 1. The van der Waals surface area contributed by atoms with Crippen LogP contribution in [0.15, 0.2) is 78.2 Å². The molecule has 0 radical (unpaired) electrons. The number of ether oxygens (including phenoxy) is 3. The van der Waals surface area contributed by atoms with E-state index in [-0.39, 0.29) is 67.5 Å². The van der Waals surface area contributed by atoms with Crippen molar-refractivity contribution in [3.63, 3.8) is 0 Å². The van der Waals surface area contributed by atoms with Crippen molar-refractivity contribution in [2.24, 2.45) is 5.92 Å². The van der Waals surface area contributed by atoms with Crippen LogP contribution in [0.3, 0.4) is 0 Å². The Hall–Kier alpha value is -5.18. The topological polar surface area (TPSA) is 261 Å². The molecule has 21 nitrogen and oxygen atoms in total. The Labute approximate surface area is 360 Å². The van der Waals surface area contributed by atoms with Gasteiger partial charge in [-0.15, -0.1) is 0 Å². The van der Waals surface area contributed by atoms with Crippen molar-refractivity contribution >= 4 is 62.1 Å². The third-order valence-corrected chi connectivity index (χ3v) is 11.8. The van der Waals surface area contributed by atoms with Crippen LogP contribution >= 0.6 is 27.3 Å². The minimum absolute atomic E-state index is 0.0215. The monoisotopic (exact) mass is 913 g/mol. The Kier molecular flexibility index (Phi) is 14.7. The summed E-state index contributed by atoms with van der Waals surface area (Å²) in [7, 11) is 0.210. The number of nitrogens with zero attached hydrogens (tertiary/aromatic N) is 6. The average molecular weight is 914 g/mol. The third kappa shape index (κ3) is 11.8. The molecule has 2 amide bonds. The van der Waals surface area contributed by atoms with Crippen LogP contribution in [0, 0.1) is 5.92 Å². The molecule has 0 bridgehead atoms. The number of H-pyrrole nitrogens is 1. The molecule has 1 aliphatic carbocycles. The quantitative estimate of drug-likeness (QED) is 0.0548. The third-order valence-electron chi connectivity index (χ3n) is 10.1. The Balaban J connectivity index is 1.02. The Morgan fingerprint density at radius 3 is 2.68 bits per heavy atom. The summed E-state index contributed by atoms with van der Waals surface area (Å²) in [6.45, 7) is -4.34. The lowest BCUT2D eigenvalue weighted by molar-refractivity contribution is -0.0421. The summed E-state index contributed by atoms with van der Waals surface area (Å²) in [6, 6.07) is 15.7. The second kappa shape index (κ2) is 20.3. The van der Waals surface area contributed by atoms with Gasteiger partial charge in [-0.2, -0.15) is 4.98 Å². The fourth-order valence-electron chi connectivity index (χ4n) is 7.07. The van der Waals surface area contributed by atoms with Gasteiger partial charge in [0.05, 0.1) is 25.6 Å². The number of hydrogen-bond donors (Lipinski definition) is 5. The van der Waals surface area contributed by atoms with E-state index in [4.69, 9.17) is 27.8 Å². The second-order valence-electron chi connectivity index (χ2n) is 14.6. The molecule has 1 aliphatic heterocycles. The van der Waals surface area contributed by atoms with E-state index in [1.54, 1.807) is 50.6 Å². The maximum absolute atomic E-state index is 13.7. The van der Waals surface area contributed by atoms with Gasteiger partial charge in [-0.1, -0.05) is 42.6 Å². The summed E-state index contributed by atoms with van der Waals surface area (Å²) in [6.07, 6.45) is 2.84. The minimum atomic E-state index is -4.19. The van der Waals surface area contributed by atoms with Gasteiger partial charge in [-0.05, 0) is 54.5 Å². The molecule has 4 N–H and O–H groups in total. The zero-order chi connectivity index (χ0) is 43.8. The number of aromatic nitrogens is 6. The first-order valence-electron chi connectivity index (χ1n) is 19.4. The summed E-state index contributed by atoms with van der Waals surface area (Å²) >= 11 is 3.57. The van der Waals surface area contributed by atoms with Crippen LogP contribution in [0.1, 0.15) is 53.4 Å². The molecule has 2 unspecified atom stereocenters. The summed E-state index contributed by atoms with van der Waals surface area (Å²) in [5.74, 6) is -0.352. The summed E-state index contributed by atoms with van der Waals surface area (Å²) in [5.41, 5.74) is 1.58. The number of nitrogens with one attached hydrogen (secondary N) is 3. The van der Waals surface area contributed by atoms with E-state index in [1.165, 1.54) is 22.1 Å². The Bertz CT molecular complexity index is 2480. The van der Waals surface area contributed by atoms with Crippen LogP contribution < -0.4 is 20.9 Å². The van der Waals surface area contributed by atoms with Crippen molar-refractivity contribution in [3.8, 4) is 5.88 Å². The van der Waals surface area contributed by atoms with Gasteiger partial charge in [0.15, 0.2) is 17.4 Å². The van der Waals surface area contributed by atoms with Crippen molar-refractivity contribution in [2.75, 3.05) is 37.9 Å². The first-order valence-corrected chi connectivity index (χ1v) is 23.4. The van der Waals surface area contributed by atoms with Gasteiger partial charge in [0.25, 0.3) is 11.5 Å². The lowest BCUT2D eigenvalue weighted by Gasteiger charge is -2.21. The van der Waals surface area contributed by atoms with Gasteiger partial charge in [0.2, 0.25) is 11.8 Å². The maximum atomic E-state index is 13.7. The van der Waals surface area contributed by atoms with E-state index in [1.807, 2.05) is 24.3 Å². The minimum Gasteiger partial charge on any atom is -0.474 e. The van der Waals surface area contributed by atoms with Gasteiger partial charge in [0, 0.05) is 50.6 Å². The molecule has 4 heterocycles. The van der Waals surface area contributed by atoms with Crippen LogP contribution in [0.5, 0.6) is 5.88 Å². The lowest BCUT2D eigenvalue weighted by atomic mass is 10.1. The molecule has 2 aromatic carbocycles. The highest BCUT2D eigenvalue weighted by Gasteiger charge is 2.41. The second-order valence-corrected chi connectivity index (χ2v) is 18.3. The van der Waals surface area contributed by atoms with E-state index in [0.29, 0.717) is 17.9 Å². The summed E-state index contributed by atoms with van der Waals surface area (Å²) < 4.78 is 60.6. The molecular weight excluding hydrogens is 868 g/mol. The highest BCUT2D eigenvalue weighted by Crippen LogP contribution is 2.48. The van der Waals surface area contributed by atoms with E-state index < -0.39 is 51.0 Å². The van der Waals surface area contributed by atoms with Crippen molar-refractivity contribution in [2.45, 2.75) is 63.4 Å². The number of carbonyl (C=O) groups excluding carboxylic acids is 2. The van der Waals surface area contributed by atoms with Gasteiger partial charge in [0.1, 0.15) is 25.1 Å². The smallest absolute Gasteiger partial charge is 0.410 e. The van der Waals surface area contributed by atoms with E-state index in [9.17, 15) is 28.4 Å². The number of fused-ring (bicyclic) bond motifs is 1. The SMILES string of the molecule is CNc1ccc(COC(=O)N(C)Cc2ccccc2C(=O)Nc2nc3c(ncn3[C@@H]3O[C@H](COP(=O)(O)S)C[C@H]3O[PH](=O)OC[C@@H]3CC[C@H](Oc4ccncn4)C3)c(=O)[nH]2)cc1. The Morgan fingerprint density at radius 1 is 1.11 bits per heavy atom. The van der Waals surface area contributed by atoms with Crippen molar-refractivity contribution < 1.29 is 51.4 Å². The predicted molar refractivity (Wildman–Crippen MR) is 227 cm³/mol. The van der Waals surface area contributed by atoms with Gasteiger partial charge >= 0.3 is 21.1 Å². The molecule has 62 heavy (non-hydrogen) atoms. The van der Waals surface area contributed by atoms with Crippen molar-refractivity contribution in [3.05, 3.63) is 100 Å². The summed E-state index contributed by atoms with van der Waals surface area (Å²) in [4.78, 5) is 70.0. The fraction of sp³-hybridized carbons (Fsp3) is 0.395. The predicted octanol–water partition coefficient (Wildman–Crippen LogP) is 5.35. The first-order chi connectivity index (χ1) is 29.8. The molecule has 7 rings (SSSR count). The standard InChI is InChI=1S/C38H45N9O12P2S/c1-39-26-10-7-23(8-11-26)18-54-38(50)46(2)17-25-5-3-4-6-29(25)34(48)44-37-43-33-32(35(49)45-37)42-22-47(33)36-30(16-28(58-36)20-56-61(52,53)62)59-60(51)55-19-24-9-12-27(15-24)57-31-13-14-40-21-41-31/h3-8,10-11,13-14,21-22,24,27-28,30,36,39,60H,9,12,15-20H2,1-2H3,(H2,52,53,62)(H2,43,44,45,48,49)/t24-,27+,28+,30-,36-/m1/s1. The highest BCUT2D eigenvalue weighted by molar-refractivity contribution is 8.44. The molecule has 2 aliphatic rings. The largest absolute Gasteiger partial charge is 0.474 e. The van der Waals surface area contributed by atoms with Crippen LogP contribution in [0.4, 0.5) is 16.4 Å². The number of rotatable bonds is 18. The molecule has 7 atom stereocenters. The molecule has 1 saturated carbocycles. The zero-order valence-corrected chi connectivity index (χ0v) is 36.3. The molecule has 3 aromatic heterocycles. The normalized spacial score (nSPS) is 21.3. The molecule has 1 saturated heterocycles. The molecule has 24 heteroatoms. The van der Waals surface area contributed by atoms with Gasteiger partial charge in [-0.3, -0.25) is 33.5 Å². The van der Waals surface area contributed by atoms with E-state index in [0.717, 1.165) is 24.1 Å². The molecule has 330 valence electrons. The number of imidazole rings is 1. The number of carbonyl (C=O) groups is 2. The number of aromatic amines is 1. The van der Waals surface area contributed by atoms with Gasteiger partial charge in [-0.25, -0.2) is 24.3 Å². The number of anilines is 2. The van der Waals surface area contributed by atoms with Crippen molar-refractivity contribution in [1.82, 2.24) is 34.4 Å². The molecule has 0 spiro atoms. The Morgan fingerprint density at radius 2 is 1.92 bits per heavy atom. The van der Waals surface area contributed by atoms with Gasteiger partial charge < -0.3 is 38.4 Å². The highest BCUT2D eigenvalue weighted by atomic mass is 32.7. The maximum Gasteiger partial charge on any atom is 0.410 e. The van der Waals surface area contributed by atoms with Crippen molar-refractivity contribution in [1.29, 1.82) is 0 Å². The molecule has 5 aromatic rings. The molecular formula is C38H45N9O12P2S. The molecule has 2 fully saturated rings. The van der Waals surface area contributed by atoms with E-state index >= 15 is 0 Å². The average Bonchev–Trinajstić information content (AvgIpc) is 4.00. The van der Waals surface area contributed by atoms with Crippen LogP contribution in [-0.4, -0.2) is 96.9 Å². The van der Waals surface area contributed by atoms with E-state index in [2.05, 4.69) is 47.8 Å². The van der Waals surface area contributed by atoms with Crippen LogP contribution in [0.25, 0.3) is 11.2 Å². The lowest BCUT2D eigenvalue weighted by Crippen LogP contribution is -2.28. The number of hydrogen-bond acceptors (Lipinski definition) is 16. The number of amides is 2. The number of benzene rings is 2.